The van der Waals surface area contributed by atoms with Crippen LogP contribution >= 0.6 is 0 Å². The number of anilines is 1. The van der Waals surface area contributed by atoms with Crippen molar-refractivity contribution in [3.05, 3.63) is 30.0 Å². The molecule has 6 heterocycles. The van der Waals surface area contributed by atoms with Crippen LogP contribution in [0.4, 0.5) is 5.69 Å². The average Bonchev–Trinajstić information content (AvgIpc) is 3.30. The average molecular weight is 566 g/mol. The van der Waals surface area contributed by atoms with Crippen LogP contribution in [0.5, 0.6) is 11.5 Å². The summed E-state index contributed by atoms with van der Waals surface area (Å²) in [7, 11) is 0.0254. The summed E-state index contributed by atoms with van der Waals surface area (Å²) in [5.41, 5.74) is -1.85. The molecule has 1 saturated carbocycles. The van der Waals surface area contributed by atoms with E-state index in [9.17, 15) is 9.59 Å². The highest BCUT2D eigenvalue weighted by Gasteiger charge is 2.82. The number of carbonyl (C=O) groups excluding carboxylic acids is 2. The lowest BCUT2D eigenvalue weighted by molar-refractivity contribution is -0.203. The molecule has 4 unspecified atom stereocenters. The number of nitrogens with one attached hydrogen (secondary N) is 1. The molecule has 1 aromatic rings. The van der Waals surface area contributed by atoms with Gasteiger partial charge in [-0.15, -0.1) is 0 Å². The predicted molar refractivity (Wildman–Crippen MR) is 155 cm³/mol. The van der Waals surface area contributed by atoms with Crippen LogP contribution in [0.15, 0.2) is 24.5 Å². The van der Waals surface area contributed by atoms with Crippen molar-refractivity contribution in [2.45, 2.75) is 101 Å². The van der Waals surface area contributed by atoms with Gasteiger partial charge in [-0.05, 0) is 88.7 Å². The van der Waals surface area contributed by atoms with E-state index in [1.54, 1.807) is 6.26 Å². The maximum Gasteiger partial charge on any atom is 0.246 e. The van der Waals surface area contributed by atoms with Crippen LogP contribution in [-0.2, 0) is 19.4 Å². The van der Waals surface area contributed by atoms with Crippen LogP contribution in [0.2, 0.25) is 19.6 Å². The fourth-order valence-corrected chi connectivity index (χ4v) is 11.5. The lowest BCUT2D eigenvalue weighted by Gasteiger charge is -2.66. The number of hydrogen-bond donors (Lipinski definition) is 1. The number of carbonyl (C=O) groups is 2. The molecule has 6 aliphatic heterocycles. The molecule has 40 heavy (non-hydrogen) atoms. The Morgan fingerprint density at radius 3 is 2.52 bits per heavy atom. The third kappa shape index (κ3) is 2.84. The molecular weight excluding hydrogens is 522 g/mol. The molecule has 216 valence electrons. The first-order chi connectivity index (χ1) is 18.4. The third-order valence-electron chi connectivity index (χ3n) is 11.5. The van der Waals surface area contributed by atoms with Crippen LogP contribution in [0.1, 0.15) is 59.4 Å². The van der Waals surface area contributed by atoms with Gasteiger partial charge >= 0.3 is 0 Å². The molecular formula is C31H43N3O5Si. The van der Waals surface area contributed by atoms with Crippen molar-refractivity contribution in [3.63, 3.8) is 0 Å². The molecule has 5 fully saturated rings. The second-order valence-corrected chi connectivity index (χ2v) is 19.8. The minimum atomic E-state index is -1.95. The van der Waals surface area contributed by atoms with E-state index in [4.69, 9.17) is 13.9 Å². The van der Waals surface area contributed by atoms with Gasteiger partial charge < -0.3 is 24.1 Å². The Hall–Kier alpha value is -2.36. The Morgan fingerprint density at radius 1 is 1.10 bits per heavy atom. The molecule has 1 aromatic carbocycles. The van der Waals surface area contributed by atoms with Crippen molar-refractivity contribution in [2.75, 3.05) is 25.5 Å². The third-order valence-corrected chi connectivity index (χ3v) is 12.6. The first-order valence-electron chi connectivity index (χ1n) is 14.7. The SMILES string of the molecule is CN1C(=O)C23CC4C1(CN2CC[C@@]3(C)O[Si](C)(C)C)CC1(C(=O)Nc2c1ccc1c2OC=CC(C)(C)O1)C4(C)C. The van der Waals surface area contributed by atoms with E-state index >= 15 is 0 Å². The van der Waals surface area contributed by atoms with E-state index in [1.807, 2.05) is 37.9 Å². The molecule has 8 nitrogen and oxygen atoms in total. The van der Waals surface area contributed by atoms with Gasteiger partial charge in [0.05, 0.1) is 28.5 Å². The Kier molecular flexibility index (Phi) is 4.87. The highest BCUT2D eigenvalue weighted by Crippen LogP contribution is 2.73. The number of benzene rings is 1. The number of rotatable bonds is 2. The lowest BCUT2D eigenvalue weighted by Crippen LogP contribution is -2.83. The summed E-state index contributed by atoms with van der Waals surface area (Å²) in [6.45, 7) is 18.9. The molecule has 2 bridgehead atoms. The van der Waals surface area contributed by atoms with Crippen LogP contribution in [-0.4, -0.2) is 72.3 Å². The van der Waals surface area contributed by atoms with E-state index in [2.05, 4.69) is 56.7 Å². The highest BCUT2D eigenvalue weighted by molar-refractivity contribution is 6.69. The van der Waals surface area contributed by atoms with Crippen LogP contribution in [0, 0.1) is 11.3 Å². The van der Waals surface area contributed by atoms with Gasteiger partial charge in [-0.1, -0.05) is 19.9 Å². The van der Waals surface area contributed by atoms with Crippen molar-refractivity contribution in [1.29, 1.82) is 0 Å². The molecule has 8 rings (SSSR count). The van der Waals surface area contributed by atoms with Gasteiger partial charge in [0.15, 0.2) is 19.8 Å². The van der Waals surface area contributed by atoms with Gasteiger partial charge in [-0.3, -0.25) is 14.5 Å². The summed E-state index contributed by atoms with van der Waals surface area (Å²) in [6.07, 6.45) is 5.67. The number of ether oxygens (including phenoxy) is 2. The largest absolute Gasteiger partial charge is 0.480 e. The van der Waals surface area contributed by atoms with Gasteiger partial charge in [0.1, 0.15) is 11.1 Å². The molecule has 9 heteroatoms. The fourth-order valence-electron chi connectivity index (χ4n) is 9.84. The van der Waals surface area contributed by atoms with Crippen molar-refractivity contribution in [3.8, 4) is 11.5 Å². The second-order valence-electron chi connectivity index (χ2n) is 15.4. The number of piperazine rings is 1. The van der Waals surface area contributed by atoms with E-state index in [0.717, 1.165) is 25.1 Å². The number of fused-ring (bicyclic) bond motifs is 5. The summed E-state index contributed by atoms with van der Waals surface area (Å²) in [6, 6.07) is 4.00. The Bertz CT molecular complexity index is 1400. The quantitative estimate of drug-likeness (QED) is 0.526. The van der Waals surface area contributed by atoms with E-state index in [1.165, 1.54) is 0 Å². The standard InChI is InChI=1S/C31H43N3O5Si/c1-26(2)13-15-37-23-20(38-26)11-10-19-22(23)32-24(35)30(19)17-29-18-34-14-12-28(5,39-40(7,8)9)31(34,25(36)33(29)6)16-21(29)27(30,3)4/h10-11,13,15,21H,12,14,16-18H2,1-9H3,(H,32,35)/t21?,28-,29?,30?,31?/m1/s1. The van der Waals surface area contributed by atoms with Crippen molar-refractivity contribution in [1.82, 2.24) is 9.80 Å². The molecule has 7 aliphatic rings. The molecule has 0 radical (unpaired) electrons. The summed E-state index contributed by atoms with van der Waals surface area (Å²) in [5, 5.41) is 3.24. The smallest absolute Gasteiger partial charge is 0.246 e. The number of likely N-dealkylation sites (N-methyl/N-ethyl adjacent to an activating group) is 1. The Labute approximate surface area is 238 Å². The molecule has 2 amide bonds. The molecule has 4 saturated heterocycles. The Morgan fingerprint density at radius 2 is 1.82 bits per heavy atom. The van der Waals surface area contributed by atoms with E-state index in [0.29, 0.717) is 30.0 Å². The molecule has 1 aliphatic carbocycles. The van der Waals surface area contributed by atoms with Gasteiger partial charge in [0.2, 0.25) is 11.8 Å². The lowest BCUT2D eigenvalue weighted by atomic mass is 9.55. The zero-order valence-corrected chi connectivity index (χ0v) is 26.4. The van der Waals surface area contributed by atoms with E-state index in [-0.39, 0.29) is 17.7 Å². The van der Waals surface area contributed by atoms with Crippen LogP contribution in [0.3, 0.4) is 0 Å². The number of amides is 2. The summed E-state index contributed by atoms with van der Waals surface area (Å²) < 4.78 is 19.3. The molecule has 0 aromatic heterocycles. The zero-order valence-electron chi connectivity index (χ0n) is 25.4. The summed E-state index contributed by atoms with van der Waals surface area (Å²) in [4.78, 5) is 33.4. The van der Waals surface area contributed by atoms with Gasteiger partial charge in [-0.25, -0.2) is 0 Å². The maximum absolute atomic E-state index is 14.5. The first kappa shape index (κ1) is 26.5. The summed E-state index contributed by atoms with van der Waals surface area (Å²) >= 11 is 0. The monoisotopic (exact) mass is 565 g/mol. The van der Waals surface area contributed by atoms with Crippen molar-refractivity contribution >= 4 is 25.8 Å². The normalized spacial score (nSPS) is 40.2. The van der Waals surface area contributed by atoms with E-state index < -0.39 is 41.4 Å². The maximum atomic E-state index is 14.5. The highest BCUT2D eigenvalue weighted by atomic mass is 28.4. The number of piperidine rings is 2. The van der Waals surface area contributed by atoms with Crippen molar-refractivity contribution in [2.24, 2.45) is 11.3 Å². The Balaban J connectivity index is 1.38. The van der Waals surface area contributed by atoms with Gasteiger partial charge in [0, 0.05) is 20.1 Å². The molecule has 3 spiro atoms. The van der Waals surface area contributed by atoms with Crippen molar-refractivity contribution < 1.29 is 23.5 Å². The number of nitrogens with zero attached hydrogens (tertiary/aromatic N) is 2. The molecule has 5 atom stereocenters. The predicted octanol–water partition coefficient (Wildman–Crippen LogP) is 4.66. The van der Waals surface area contributed by atoms with Gasteiger partial charge in [-0.2, -0.15) is 0 Å². The van der Waals surface area contributed by atoms with Crippen LogP contribution < -0.4 is 14.8 Å². The van der Waals surface area contributed by atoms with Crippen LogP contribution in [0.25, 0.3) is 0 Å². The zero-order chi connectivity index (χ0) is 28.9. The van der Waals surface area contributed by atoms with Gasteiger partial charge in [0.25, 0.3) is 0 Å². The minimum Gasteiger partial charge on any atom is -0.480 e. The minimum absolute atomic E-state index is 0.0103. The topological polar surface area (TPSA) is 80.3 Å². The second kappa shape index (κ2) is 7.34. The molecule has 1 N–H and O–H groups in total. The first-order valence-corrected chi connectivity index (χ1v) is 18.1. The fraction of sp³-hybridized carbons (Fsp3) is 0.677. The summed E-state index contributed by atoms with van der Waals surface area (Å²) in [5.74, 6) is 1.43. The number of hydrogen-bond acceptors (Lipinski definition) is 6.